The molecule has 3 nitrogen and oxygen atoms in total. The van der Waals surface area contributed by atoms with Crippen molar-refractivity contribution in [1.82, 2.24) is 0 Å². The van der Waals surface area contributed by atoms with Crippen LogP contribution in [0.3, 0.4) is 0 Å². The molecule has 90 valence electrons. The molecule has 1 aromatic rings. The molecule has 1 aliphatic heterocycles. The lowest BCUT2D eigenvalue weighted by molar-refractivity contribution is 0.314. The number of hydrogen-bond donors (Lipinski definition) is 1. The molecule has 0 aliphatic carbocycles. The van der Waals surface area contributed by atoms with Gasteiger partial charge in [0.15, 0.2) is 0 Å². The van der Waals surface area contributed by atoms with Gasteiger partial charge in [-0.15, -0.1) is 24.8 Å². The highest BCUT2D eigenvalue weighted by Crippen LogP contribution is 2.26. The van der Waals surface area contributed by atoms with Gasteiger partial charge in [0.25, 0.3) is 6.02 Å². The summed E-state index contributed by atoms with van der Waals surface area (Å²) in [6.45, 7) is 2.13. The van der Waals surface area contributed by atoms with Crippen LogP contribution in [0, 0.1) is 12.7 Å². The van der Waals surface area contributed by atoms with E-state index >= 15 is 0 Å². The fourth-order valence-electron chi connectivity index (χ4n) is 1.54. The summed E-state index contributed by atoms with van der Waals surface area (Å²) < 4.78 is 18.2. The van der Waals surface area contributed by atoms with Crippen molar-refractivity contribution in [2.45, 2.75) is 13.0 Å². The standard InChI is InChI=1S/C10H11FN2O.2ClH/c1-6-7(3-2-4-8(6)11)9-5-14-10(12)13-9;;/h2-4,9H,5H2,1H3,(H2,12,13);2*1H/t9-;;/m1../s1. The maximum atomic E-state index is 13.2. The number of benzene rings is 1. The predicted molar refractivity (Wildman–Crippen MR) is 65.9 cm³/mol. The zero-order chi connectivity index (χ0) is 10.1. The average Bonchev–Trinajstić information content (AvgIpc) is 2.57. The van der Waals surface area contributed by atoms with E-state index in [1.807, 2.05) is 6.07 Å². The Labute approximate surface area is 106 Å². The first-order chi connectivity index (χ1) is 6.68. The van der Waals surface area contributed by atoms with Crippen LogP contribution in [-0.2, 0) is 4.74 Å². The quantitative estimate of drug-likeness (QED) is 0.849. The molecule has 0 saturated heterocycles. The van der Waals surface area contributed by atoms with E-state index in [1.165, 1.54) is 6.07 Å². The molecule has 2 rings (SSSR count). The van der Waals surface area contributed by atoms with Crippen LogP contribution in [0.4, 0.5) is 4.39 Å². The van der Waals surface area contributed by atoms with Gasteiger partial charge in [0.05, 0.1) is 0 Å². The lowest BCUT2D eigenvalue weighted by Crippen LogP contribution is -2.10. The number of nitrogens with zero attached hydrogens (tertiary/aromatic N) is 1. The average molecular weight is 267 g/mol. The number of rotatable bonds is 1. The Hall–Kier alpha value is -1.00. The van der Waals surface area contributed by atoms with Crippen molar-refractivity contribution in [3.8, 4) is 0 Å². The molecule has 2 N–H and O–H groups in total. The molecule has 0 aromatic heterocycles. The molecule has 1 aliphatic rings. The Morgan fingerprint density at radius 2 is 2.12 bits per heavy atom. The topological polar surface area (TPSA) is 47.6 Å². The van der Waals surface area contributed by atoms with E-state index in [2.05, 4.69) is 4.99 Å². The van der Waals surface area contributed by atoms with E-state index in [4.69, 9.17) is 10.5 Å². The summed E-state index contributed by atoms with van der Waals surface area (Å²) in [5, 5.41) is 0. The maximum absolute atomic E-state index is 13.2. The largest absolute Gasteiger partial charge is 0.463 e. The summed E-state index contributed by atoms with van der Waals surface area (Å²) in [6, 6.07) is 4.96. The Kier molecular flexibility index (Phi) is 5.55. The van der Waals surface area contributed by atoms with Crippen molar-refractivity contribution in [3.05, 3.63) is 35.1 Å². The first-order valence-electron chi connectivity index (χ1n) is 4.39. The molecule has 1 heterocycles. The van der Waals surface area contributed by atoms with Gasteiger partial charge in [-0.2, -0.15) is 0 Å². The van der Waals surface area contributed by atoms with Crippen LogP contribution in [0.1, 0.15) is 17.2 Å². The highest BCUT2D eigenvalue weighted by atomic mass is 35.5. The maximum Gasteiger partial charge on any atom is 0.282 e. The Morgan fingerprint density at radius 3 is 2.69 bits per heavy atom. The second-order valence-electron chi connectivity index (χ2n) is 3.25. The third-order valence-electron chi connectivity index (χ3n) is 2.34. The normalized spacial score (nSPS) is 17.9. The van der Waals surface area contributed by atoms with Gasteiger partial charge in [-0.25, -0.2) is 9.38 Å². The van der Waals surface area contributed by atoms with E-state index < -0.39 is 0 Å². The van der Waals surface area contributed by atoms with Crippen LogP contribution in [0.25, 0.3) is 0 Å². The van der Waals surface area contributed by atoms with Gasteiger partial charge in [0, 0.05) is 0 Å². The minimum absolute atomic E-state index is 0. The van der Waals surface area contributed by atoms with Crippen molar-refractivity contribution >= 4 is 30.8 Å². The number of halogens is 3. The third-order valence-corrected chi connectivity index (χ3v) is 2.34. The zero-order valence-corrected chi connectivity index (χ0v) is 10.3. The lowest BCUT2D eigenvalue weighted by Gasteiger charge is -2.09. The Morgan fingerprint density at radius 1 is 1.44 bits per heavy atom. The summed E-state index contributed by atoms with van der Waals surface area (Å²) in [6.07, 6.45) is 0. The molecule has 1 atom stereocenters. The highest BCUT2D eigenvalue weighted by Gasteiger charge is 2.21. The molecule has 0 radical (unpaired) electrons. The fourth-order valence-corrected chi connectivity index (χ4v) is 1.54. The van der Waals surface area contributed by atoms with Gasteiger partial charge in [-0.1, -0.05) is 12.1 Å². The van der Waals surface area contributed by atoms with E-state index in [-0.39, 0.29) is 42.7 Å². The molecule has 0 saturated carbocycles. The molecular formula is C10H13Cl2FN2O. The molecule has 6 heteroatoms. The number of amidine groups is 1. The van der Waals surface area contributed by atoms with Gasteiger partial charge in [0.1, 0.15) is 18.5 Å². The molecule has 0 unspecified atom stereocenters. The van der Waals surface area contributed by atoms with Gasteiger partial charge >= 0.3 is 0 Å². The zero-order valence-electron chi connectivity index (χ0n) is 8.64. The van der Waals surface area contributed by atoms with Crippen molar-refractivity contribution in [1.29, 1.82) is 0 Å². The minimum Gasteiger partial charge on any atom is -0.463 e. The second-order valence-corrected chi connectivity index (χ2v) is 3.25. The van der Waals surface area contributed by atoms with Crippen LogP contribution in [0.5, 0.6) is 0 Å². The number of ether oxygens (including phenoxy) is 1. The summed E-state index contributed by atoms with van der Waals surface area (Å²) in [5.74, 6) is -0.219. The molecule has 16 heavy (non-hydrogen) atoms. The Balaban J connectivity index is 0.00000112. The van der Waals surface area contributed by atoms with Gasteiger partial charge in [-0.05, 0) is 24.1 Å². The van der Waals surface area contributed by atoms with Gasteiger partial charge < -0.3 is 10.5 Å². The van der Waals surface area contributed by atoms with Crippen LogP contribution in [0.15, 0.2) is 23.2 Å². The first-order valence-corrected chi connectivity index (χ1v) is 4.39. The number of nitrogens with two attached hydrogens (primary N) is 1. The minimum atomic E-state index is -0.219. The van der Waals surface area contributed by atoms with Gasteiger partial charge in [-0.3, -0.25) is 0 Å². The SMILES string of the molecule is Cc1c(F)cccc1[C@H]1COC(N)=N1.Cl.Cl. The van der Waals surface area contributed by atoms with Crippen molar-refractivity contribution < 1.29 is 9.13 Å². The van der Waals surface area contributed by atoms with E-state index in [0.717, 1.165) is 5.56 Å². The van der Waals surface area contributed by atoms with Crippen molar-refractivity contribution in [3.63, 3.8) is 0 Å². The van der Waals surface area contributed by atoms with Crippen LogP contribution >= 0.6 is 24.8 Å². The number of aliphatic imine (C=N–C) groups is 1. The summed E-state index contributed by atoms with van der Waals surface area (Å²) in [5.41, 5.74) is 6.83. The van der Waals surface area contributed by atoms with Crippen LogP contribution in [-0.4, -0.2) is 12.6 Å². The van der Waals surface area contributed by atoms with E-state index in [1.54, 1.807) is 13.0 Å². The summed E-state index contributed by atoms with van der Waals surface area (Å²) in [7, 11) is 0. The molecule has 0 bridgehead atoms. The van der Waals surface area contributed by atoms with Crippen molar-refractivity contribution in [2.24, 2.45) is 10.7 Å². The molecule has 0 spiro atoms. The van der Waals surface area contributed by atoms with E-state index in [0.29, 0.717) is 12.2 Å². The number of hydrogen-bond acceptors (Lipinski definition) is 3. The monoisotopic (exact) mass is 266 g/mol. The second kappa shape index (κ2) is 5.92. The summed E-state index contributed by atoms with van der Waals surface area (Å²) >= 11 is 0. The fraction of sp³-hybridized carbons (Fsp3) is 0.300. The van der Waals surface area contributed by atoms with Crippen LogP contribution in [0.2, 0.25) is 0 Å². The predicted octanol–water partition coefficient (Wildman–Crippen LogP) is 2.36. The van der Waals surface area contributed by atoms with Crippen LogP contribution < -0.4 is 5.73 Å². The smallest absolute Gasteiger partial charge is 0.282 e. The Bertz CT molecular complexity index is 398. The molecule has 0 fully saturated rings. The first kappa shape index (κ1) is 15.0. The van der Waals surface area contributed by atoms with Crippen molar-refractivity contribution in [2.75, 3.05) is 6.61 Å². The van der Waals surface area contributed by atoms with E-state index in [9.17, 15) is 4.39 Å². The highest BCUT2D eigenvalue weighted by molar-refractivity contribution is 5.85. The van der Waals surface area contributed by atoms with Gasteiger partial charge in [0.2, 0.25) is 0 Å². The molecule has 0 amide bonds. The third kappa shape index (κ3) is 2.77. The molecular weight excluding hydrogens is 254 g/mol. The summed E-state index contributed by atoms with van der Waals surface area (Å²) in [4.78, 5) is 4.07. The molecule has 1 aromatic carbocycles. The lowest BCUT2D eigenvalue weighted by atomic mass is 10.0.